The topological polar surface area (TPSA) is 27.7 Å². The second-order valence-electron chi connectivity index (χ2n) is 4.39. The van der Waals surface area contributed by atoms with E-state index in [0.29, 0.717) is 13.2 Å². The van der Waals surface area contributed by atoms with Gasteiger partial charge in [0.1, 0.15) is 0 Å². The first-order valence-electron chi connectivity index (χ1n) is 6.64. The quantitative estimate of drug-likeness (QED) is 0.530. The van der Waals surface area contributed by atoms with Gasteiger partial charge in [-0.1, -0.05) is 13.8 Å². The van der Waals surface area contributed by atoms with Crippen molar-refractivity contribution in [3.05, 3.63) is 0 Å². The monoisotopic (exact) mass is 246 g/mol. The summed E-state index contributed by atoms with van der Waals surface area (Å²) in [5.74, 6) is -0.722. The number of rotatable bonds is 6. The summed E-state index contributed by atoms with van der Waals surface area (Å²) in [6.07, 6.45) is 2.05. The molecule has 1 heterocycles. The van der Waals surface area contributed by atoms with E-state index in [1.54, 1.807) is 0 Å². The summed E-state index contributed by atoms with van der Waals surface area (Å²) < 4.78 is 17.9. The van der Waals surface area contributed by atoms with Crippen molar-refractivity contribution in [2.24, 2.45) is 0 Å². The predicted octanol–water partition coefficient (Wildman–Crippen LogP) is 3.51. The van der Waals surface area contributed by atoms with Crippen molar-refractivity contribution in [2.75, 3.05) is 13.2 Å². The summed E-state index contributed by atoms with van der Waals surface area (Å²) in [5, 5.41) is 0. The molecule has 96 valence electrons. The van der Waals surface area contributed by atoms with Crippen molar-refractivity contribution in [3.63, 3.8) is 0 Å². The average molecular weight is 246 g/mol. The van der Waals surface area contributed by atoms with Gasteiger partial charge >= 0.3 is 0 Å². The highest BCUT2D eigenvalue weighted by molar-refractivity contribution is 6.73. The molecule has 4 heteroatoms. The van der Waals surface area contributed by atoms with Crippen molar-refractivity contribution in [1.29, 1.82) is 0 Å². The van der Waals surface area contributed by atoms with E-state index in [-0.39, 0.29) is 0 Å². The fraction of sp³-hybridized carbons (Fsp3) is 1.00. The van der Waals surface area contributed by atoms with Crippen molar-refractivity contribution < 1.29 is 13.9 Å². The van der Waals surface area contributed by atoms with Crippen LogP contribution in [0.5, 0.6) is 0 Å². The van der Waals surface area contributed by atoms with Crippen LogP contribution in [-0.4, -0.2) is 27.5 Å². The fourth-order valence-corrected chi connectivity index (χ4v) is 5.79. The molecule has 0 saturated carbocycles. The van der Waals surface area contributed by atoms with Crippen LogP contribution in [0.15, 0.2) is 0 Å². The SMILES string of the molecule is CCOC1(OCC)CCC[Si](CC)(CC)O1. The molecule has 16 heavy (non-hydrogen) atoms. The Morgan fingerprint density at radius 1 is 1.06 bits per heavy atom. The molecule has 0 aliphatic carbocycles. The molecule has 0 radical (unpaired) electrons. The Morgan fingerprint density at radius 3 is 2.06 bits per heavy atom. The first-order chi connectivity index (χ1) is 7.66. The Bertz CT molecular complexity index is 193. The summed E-state index contributed by atoms with van der Waals surface area (Å²) >= 11 is 0. The van der Waals surface area contributed by atoms with Crippen LogP contribution in [0.2, 0.25) is 18.1 Å². The molecule has 0 spiro atoms. The number of ether oxygens (including phenoxy) is 2. The molecular formula is C12H26O3Si. The van der Waals surface area contributed by atoms with Gasteiger partial charge in [0.25, 0.3) is 5.97 Å². The highest BCUT2D eigenvalue weighted by atomic mass is 28.4. The maximum absolute atomic E-state index is 6.34. The first kappa shape index (κ1) is 14.2. The number of hydrogen-bond donors (Lipinski definition) is 0. The Hall–Kier alpha value is 0.0969. The van der Waals surface area contributed by atoms with Crippen molar-refractivity contribution in [2.45, 2.75) is 64.6 Å². The van der Waals surface area contributed by atoms with Crippen LogP contribution in [0.3, 0.4) is 0 Å². The van der Waals surface area contributed by atoms with Gasteiger partial charge in [-0.05, 0) is 38.4 Å². The molecule has 0 N–H and O–H groups in total. The molecule has 0 amide bonds. The summed E-state index contributed by atoms with van der Waals surface area (Å²) in [6.45, 7) is 9.78. The zero-order chi connectivity index (χ0) is 12.1. The third-order valence-electron chi connectivity index (χ3n) is 3.50. The third-order valence-corrected chi connectivity index (χ3v) is 8.09. The molecular weight excluding hydrogens is 220 g/mol. The van der Waals surface area contributed by atoms with Gasteiger partial charge in [-0.2, -0.15) is 0 Å². The van der Waals surface area contributed by atoms with E-state index in [1.165, 1.54) is 12.5 Å². The van der Waals surface area contributed by atoms with Crippen LogP contribution in [0, 0.1) is 0 Å². The summed E-state index contributed by atoms with van der Waals surface area (Å²) in [6, 6.07) is 3.57. The maximum Gasteiger partial charge on any atom is 0.273 e. The molecule has 3 nitrogen and oxygen atoms in total. The van der Waals surface area contributed by atoms with Gasteiger partial charge in [-0.15, -0.1) is 0 Å². The maximum atomic E-state index is 6.34. The van der Waals surface area contributed by atoms with Gasteiger partial charge in [0, 0.05) is 19.6 Å². The van der Waals surface area contributed by atoms with E-state index in [0.717, 1.165) is 18.5 Å². The normalized spacial score (nSPS) is 23.2. The Morgan fingerprint density at radius 2 is 1.62 bits per heavy atom. The van der Waals surface area contributed by atoms with Gasteiger partial charge in [0.2, 0.25) is 0 Å². The summed E-state index contributed by atoms with van der Waals surface area (Å²) in [4.78, 5) is 0. The lowest BCUT2D eigenvalue weighted by molar-refractivity contribution is -0.354. The Balaban J connectivity index is 2.77. The van der Waals surface area contributed by atoms with Crippen LogP contribution >= 0.6 is 0 Å². The molecule has 1 rings (SSSR count). The smallest absolute Gasteiger partial charge is 0.273 e. The minimum atomic E-state index is -1.59. The standard InChI is InChI=1S/C12H26O3Si/c1-5-13-12(14-6-2)10-9-11-16(7-3,8-4)15-12/h5-11H2,1-4H3. The zero-order valence-corrected chi connectivity index (χ0v) is 12.2. The molecule has 0 unspecified atom stereocenters. The van der Waals surface area contributed by atoms with Crippen LogP contribution in [0.1, 0.15) is 40.5 Å². The van der Waals surface area contributed by atoms with Crippen LogP contribution in [0.25, 0.3) is 0 Å². The van der Waals surface area contributed by atoms with Crippen LogP contribution in [0.4, 0.5) is 0 Å². The molecule has 0 aromatic rings. The summed E-state index contributed by atoms with van der Waals surface area (Å²) in [5.41, 5.74) is 0. The predicted molar refractivity (Wildman–Crippen MR) is 67.8 cm³/mol. The van der Waals surface area contributed by atoms with Gasteiger partial charge < -0.3 is 13.9 Å². The van der Waals surface area contributed by atoms with Crippen molar-refractivity contribution in [1.82, 2.24) is 0 Å². The van der Waals surface area contributed by atoms with E-state index in [2.05, 4.69) is 13.8 Å². The lowest BCUT2D eigenvalue weighted by Crippen LogP contribution is -2.54. The van der Waals surface area contributed by atoms with E-state index in [4.69, 9.17) is 13.9 Å². The van der Waals surface area contributed by atoms with Crippen molar-refractivity contribution in [3.8, 4) is 0 Å². The average Bonchev–Trinajstić information content (AvgIpc) is 2.30. The molecule has 0 bridgehead atoms. The third kappa shape index (κ3) is 3.06. The van der Waals surface area contributed by atoms with E-state index in [1.807, 2.05) is 13.8 Å². The van der Waals surface area contributed by atoms with Gasteiger partial charge in [0.05, 0.1) is 0 Å². The van der Waals surface area contributed by atoms with E-state index < -0.39 is 14.3 Å². The van der Waals surface area contributed by atoms with Crippen LogP contribution < -0.4 is 0 Å². The second-order valence-corrected chi connectivity index (χ2v) is 8.88. The first-order valence-corrected chi connectivity index (χ1v) is 9.17. The minimum Gasteiger partial charge on any atom is -0.369 e. The zero-order valence-electron chi connectivity index (χ0n) is 11.2. The highest BCUT2D eigenvalue weighted by Gasteiger charge is 2.47. The van der Waals surface area contributed by atoms with E-state index >= 15 is 0 Å². The van der Waals surface area contributed by atoms with Gasteiger partial charge in [0.15, 0.2) is 8.32 Å². The summed E-state index contributed by atoms with van der Waals surface area (Å²) in [7, 11) is -1.59. The molecule has 0 aromatic carbocycles. The largest absolute Gasteiger partial charge is 0.369 e. The fourth-order valence-electron chi connectivity index (χ4n) is 2.49. The van der Waals surface area contributed by atoms with Gasteiger partial charge in [-0.25, -0.2) is 0 Å². The molecule has 1 fully saturated rings. The minimum absolute atomic E-state index is 0.651. The second kappa shape index (κ2) is 6.14. The Kier molecular flexibility index (Phi) is 5.44. The molecule has 1 aliphatic heterocycles. The highest BCUT2D eigenvalue weighted by Crippen LogP contribution is 2.39. The Labute approximate surface area is 101 Å². The molecule has 1 saturated heterocycles. The number of hydrogen-bond acceptors (Lipinski definition) is 3. The molecule has 0 aromatic heterocycles. The molecule has 0 atom stereocenters. The lowest BCUT2D eigenvalue weighted by Gasteiger charge is -2.45. The van der Waals surface area contributed by atoms with Gasteiger partial charge in [-0.3, -0.25) is 0 Å². The molecule has 1 aliphatic rings. The lowest BCUT2D eigenvalue weighted by atomic mass is 10.3. The van der Waals surface area contributed by atoms with E-state index in [9.17, 15) is 0 Å². The van der Waals surface area contributed by atoms with Crippen LogP contribution in [-0.2, 0) is 13.9 Å². The van der Waals surface area contributed by atoms with Crippen molar-refractivity contribution >= 4 is 8.32 Å².